The Hall–Kier alpha value is -1.82. The van der Waals surface area contributed by atoms with Gasteiger partial charge in [-0.05, 0) is 37.3 Å². The van der Waals surface area contributed by atoms with Crippen molar-refractivity contribution in [2.24, 2.45) is 5.92 Å². The highest BCUT2D eigenvalue weighted by molar-refractivity contribution is 5.91. The fraction of sp³-hybridized carbons (Fsp3) is 0.600. The Morgan fingerprint density at radius 1 is 1.43 bits per heavy atom. The molecule has 0 unspecified atom stereocenters. The fourth-order valence-corrected chi connectivity index (χ4v) is 2.76. The van der Waals surface area contributed by atoms with Crippen LogP contribution in [0.25, 0.3) is 0 Å². The predicted molar refractivity (Wildman–Crippen MR) is 74.5 cm³/mol. The van der Waals surface area contributed by atoms with Crippen molar-refractivity contribution in [1.82, 2.24) is 10.2 Å². The number of nitrogens with one attached hydrogen (secondary N) is 1. The lowest BCUT2D eigenvalue weighted by molar-refractivity contribution is -0.159. The molecule has 1 aromatic rings. The molecule has 2 aliphatic rings. The van der Waals surface area contributed by atoms with Crippen LogP contribution < -0.4 is 5.32 Å². The number of likely N-dealkylation sites (tertiary alicyclic amines) is 1. The van der Waals surface area contributed by atoms with Gasteiger partial charge in [0.1, 0.15) is 5.60 Å². The van der Waals surface area contributed by atoms with Gasteiger partial charge in [0.2, 0.25) is 5.91 Å². The third kappa shape index (κ3) is 3.10. The number of amides is 2. The molecule has 0 aromatic carbocycles. The molecule has 2 fully saturated rings. The normalized spacial score (nSPS) is 20.0. The second kappa shape index (κ2) is 5.52. The molecule has 3 rings (SSSR count). The van der Waals surface area contributed by atoms with Gasteiger partial charge in [0, 0.05) is 13.0 Å². The maximum absolute atomic E-state index is 11.9. The summed E-state index contributed by atoms with van der Waals surface area (Å²) >= 11 is 0. The molecule has 1 aromatic heterocycles. The van der Waals surface area contributed by atoms with Crippen LogP contribution in [0.15, 0.2) is 22.8 Å². The lowest BCUT2D eigenvalue weighted by atomic mass is 9.88. The minimum atomic E-state index is -0.622. The van der Waals surface area contributed by atoms with Crippen molar-refractivity contribution in [3.05, 3.63) is 24.2 Å². The number of β-amino-alcohol motifs (C(OH)–C–C–N with tert-alkyl or cyclic N) is 1. The number of furan rings is 1. The summed E-state index contributed by atoms with van der Waals surface area (Å²) in [7, 11) is 0. The molecule has 6 heteroatoms. The van der Waals surface area contributed by atoms with Crippen molar-refractivity contribution >= 4 is 11.8 Å². The lowest BCUT2D eigenvalue weighted by Gasteiger charge is -2.47. The maximum atomic E-state index is 11.9. The number of hydrogen-bond acceptors (Lipinski definition) is 4. The van der Waals surface area contributed by atoms with E-state index < -0.39 is 5.60 Å². The van der Waals surface area contributed by atoms with Gasteiger partial charge in [-0.3, -0.25) is 9.59 Å². The van der Waals surface area contributed by atoms with E-state index in [9.17, 15) is 14.7 Å². The number of hydrogen-bond donors (Lipinski definition) is 2. The predicted octanol–water partition coefficient (Wildman–Crippen LogP) is 0.773. The largest absolute Gasteiger partial charge is 0.459 e. The van der Waals surface area contributed by atoms with Gasteiger partial charge in [-0.1, -0.05) is 0 Å². The zero-order valence-electron chi connectivity index (χ0n) is 11.9. The molecule has 0 atom stereocenters. The van der Waals surface area contributed by atoms with E-state index in [-0.39, 0.29) is 17.6 Å². The molecule has 0 spiro atoms. The van der Waals surface area contributed by atoms with E-state index in [0.29, 0.717) is 38.4 Å². The first-order chi connectivity index (χ1) is 10.1. The van der Waals surface area contributed by atoms with Gasteiger partial charge in [0.05, 0.1) is 19.4 Å². The summed E-state index contributed by atoms with van der Waals surface area (Å²) in [4.78, 5) is 25.2. The van der Waals surface area contributed by atoms with E-state index in [1.807, 2.05) is 0 Å². The lowest BCUT2D eigenvalue weighted by Crippen LogP contribution is -2.64. The van der Waals surface area contributed by atoms with Crippen LogP contribution in [0.3, 0.4) is 0 Å². The highest BCUT2D eigenvalue weighted by atomic mass is 16.3. The van der Waals surface area contributed by atoms with Gasteiger partial charge in [-0.15, -0.1) is 0 Å². The Bertz CT molecular complexity index is 516. The van der Waals surface area contributed by atoms with Crippen LogP contribution in [0.1, 0.15) is 36.2 Å². The van der Waals surface area contributed by atoms with Crippen molar-refractivity contribution in [3.63, 3.8) is 0 Å². The quantitative estimate of drug-likeness (QED) is 0.759. The van der Waals surface area contributed by atoms with E-state index in [1.54, 1.807) is 17.0 Å². The van der Waals surface area contributed by atoms with Gasteiger partial charge in [-0.25, -0.2) is 0 Å². The molecule has 1 saturated heterocycles. The zero-order chi connectivity index (χ0) is 14.9. The molecular weight excluding hydrogens is 272 g/mol. The van der Waals surface area contributed by atoms with Gasteiger partial charge in [0.25, 0.3) is 5.91 Å². The summed E-state index contributed by atoms with van der Waals surface area (Å²) in [6.45, 7) is 1.37. The van der Waals surface area contributed by atoms with Crippen LogP contribution in [0.4, 0.5) is 0 Å². The van der Waals surface area contributed by atoms with Crippen molar-refractivity contribution in [2.75, 3.05) is 19.6 Å². The minimum absolute atomic E-state index is 0.0487. The number of carbonyl (C=O) groups excluding carboxylic acids is 2. The minimum Gasteiger partial charge on any atom is -0.459 e. The summed E-state index contributed by atoms with van der Waals surface area (Å²) in [5.41, 5.74) is -0.622. The van der Waals surface area contributed by atoms with Crippen LogP contribution in [-0.2, 0) is 4.79 Å². The molecule has 2 heterocycles. The third-order valence-corrected chi connectivity index (χ3v) is 4.22. The zero-order valence-corrected chi connectivity index (χ0v) is 11.9. The maximum Gasteiger partial charge on any atom is 0.286 e. The van der Waals surface area contributed by atoms with Crippen LogP contribution in [0, 0.1) is 5.92 Å². The van der Waals surface area contributed by atoms with Crippen LogP contribution >= 0.6 is 0 Å². The fourth-order valence-electron chi connectivity index (χ4n) is 2.76. The first-order valence-corrected chi connectivity index (χ1v) is 7.40. The molecule has 0 bridgehead atoms. The number of carbonyl (C=O) groups is 2. The Balaban J connectivity index is 1.31. The summed E-state index contributed by atoms with van der Waals surface area (Å²) < 4.78 is 4.97. The van der Waals surface area contributed by atoms with E-state index in [1.165, 1.54) is 6.26 Å². The van der Waals surface area contributed by atoms with E-state index in [0.717, 1.165) is 12.8 Å². The monoisotopic (exact) mass is 292 g/mol. The third-order valence-electron chi connectivity index (χ3n) is 4.22. The number of nitrogens with zero attached hydrogens (tertiary/aromatic N) is 1. The molecule has 2 N–H and O–H groups in total. The first kappa shape index (κ1) is 14.1. The summed E-state index contributed by atoms with van der Waals surface area (Å²) in [5.74, 6) is 0.458. The summed E-state index contributed by atoms with van der Waals surface area (Å²) in [6.07, 6.45) is 4.58. The second-order valence-electron chi connectivity index (χ2n) is 5.96. The van der Waals surface area contributed by atoms with Gasteiger partial charge >= 0.3 is 0 Å². The average molecular weight is 292 g/mol. The number of aliphatic hydroxyl groups is 1. The molecule has 21 heavy (non-hydrogen) atoms. The standard InChI is InChI=1S/C15H20N2O4/c18-13(17-9-15(20,10-17)11-5-6-11)4-1-7-16-14(19)12-3-2-8-21-12/h2-3,8,11,20H,1,4-7,9-10H2,(H,16,19). The van der Waals surface area contributed by atoms with Crippen LogP contribution in [0.2, 0.25) is 0 Å². The first-order valence-electron chi connectivity index (χ1n) is 7.40. The van der Waals surface area contributed by atoms with Crippen molar-refractivity contribution < 1.29 is 19.1 Å². The van der Waals surface area contributed by atoms with E-state index in [2.05, 4.69) is 5.32 Å². The van der Waals surface area contributed by atoms with Gasteiger partial charge in [-0.2, -0.15) is 0 Å². The SMILES string of the molecule is O=C(NCCCC(=O)N1CC(O)(C2CC2)C1)c1ccco1. The highest BCUT2D eigenvalue weighted by Crippen LogP contribution is 2.44. The summed E-state index contributed by atoms with van der Waals surface area (Å²) in [6, 6.07) is 3.25. The molecule has 6 nitrogen and oxygen atoms in total. The van der Waals surface area contributed by atoms with Crippen LogP contribution in [-0.4, -0.2) is 47.1 Å². The molecule has 1 aliphatic carbocycles. The van der Waals surface area contributed by atoms with Gasteiger partial charge in [0.15, 0.2) is 5.76 Å². The van der Waals surface area contributed by atoms with E-state index >= 15 is 0 Å². The van der Waals surface area contributed by atoms with Crippen LogP contribution in [0.5, 0.6) is 0 Å². The topological polar surface area (TPSA) is 82.8 Å². The number of rotatable bonds is 6. The molecule has 1 saturated carbocycles. The Morgan fingerprint density at radius 3 is 2.81 bits per heavy atom. The summed E-state index contributed by atoms with van der Waals surface area (Å²) in [5, 5.41) is 12.9. The van der Waals surface area contributed by atoms with Crippen molar-refractivity contribution in [1.29, 1.82) is 0 Å². The van der Waals surface area contributed by atoms with Crippen molar-refractivity contribution in [2.45, 2.75) is 31.3 Å². The second-order valence-corrected chi connectivity index (χ2v) is 5.96. The molecule has 0 radical (unpaired) electrons. The average Bonchev–Trinajstić information content (AvgIpc) is 3.15. The Kier molecular flexibility index (Phi) is 3.71. The smallest absolute Gasteiger partial charge is 0.286 e. The molecular formula is C15H20N2O4. The Labute approximate surface area is 123 Å². The van der Waals surface area contributed by atoms with Crippen molar-refractivity contribution in [3.8, 4) is 0 Å². The van der Waals surface area contributed by atoms with E-state index in [4.69, 9.17) is 4.42 Å². The highest BCUT2D eigenvalue weighted by Gasteiger charge is 2.52. The molecule has 2 amide bonds. The molecule has 114 valence electrons. The van der Waals surface area contributed by atoms with Gasteiger partial charge < -0.3 is 19.7 Å². The Morgan fingerprint density at radius 2 is 2.19 bits per heavy atom. The molecule has 1 aliphatic heterocycles.